The summed E-state index contributed by atoms with van der Waals surface area (Å²) in [5, 5.41) is 8.03. The number of benzene rings is 2. The minimum Gasteiger partial charge on any atom is -0.326 e. The number of rotatable bonds is 4. The number of urea groups is 1. The first-order valence-corrected chi connectivity index (χ1v) is 7.81. The molecule has 1 atom stereocenters. The van der Waals surface area contributed by atoms with Crippen LogP contribution >= 0.6 is 22.6 Å². The van der Waals surface area contributed by atoms with Gasteiger partial charge in [-0.2, -0.15) is 0 Å². The topological polar surface area (TPSA) is 70.2 Å². The molecule has 0 saturated carbocycles. The van der Waals surface area contributed by atoms with E-state index >= 15 is 0 Å². The maximum Gasteiger partial charge on any atom is 0.319 e. The van der Waals surface area contributed by atoms with E-state index in [0.717, 1.165) is 3.57 Å². The van der Waals surface area contributed by atoms with Gasteiger partial charge >= 0.3 is 6.03 Å². The predicted octanol–water partition coefficient (Wildman–Crippen LogP) is 3.44. The van der Waals surface area contributed by atoms with E-state index < -0.39 is 12.1 Å². The van der Waals surface area contributed by atoms with Crippen LogP contribution < -0.4 is 16.0 Å². The summed E-state index contributed by atoms with van der Waals surface area (Å²) in [7, 11) is 0. The van der Waals surface area contributed by atoms with Crippen molar-refractivity contribution in [2.75, 3.05) is 10.6 Å². The van der Waals surface area contributed by atoms with Crippen molar-refractivity contribution in [3.8, 4) is 0 Å². The monoisotopic (exact) mass is 409 g/mol. The Morgan fingerprint density at radius 2 is 1.64 bits per heavy atom. The van der Waals surface area contributed by atoms with E-state index in [1.807, 2.05) is 36.4 Å². The lowest BCUT2D eigenvalue weighted by Gasteiger charge is -2.15. The van der Waals surface area contributed by atoms with Crippen LogP contribution in [0.15, 0.2) is 54.6 Å². The molecule has 0 fully saturated rings. The fourth-order valence-electron chi connectivity index (χ4n) is 1.77. The molecule has 114 valence electrons. The van der Waals surface area contributed by atoms with Crippen molar-refractivity contribution < 1.29 is 9.59 Å². The van der Waals surface area contributed by atoms with Crippen LogP contribution in [-0.2, 0) is 4.79 Å². The molecule has 2 aromatic rings. The van der Waals surface area contributed by atoms with Gasteiger partial charge in [0.1, 0.15) is 6.04 Å². The Kier molecular flexibility index (Phi) is 5.76. The standard InChI is InChI=1S/C16H16IN3O2/c1-11(15(21)19-14-9-5-6-12(17)10-14)18-16(22)20-13-7-3-2-4-8-13/h2-11H,1H3,(H,19,21)(H2,18,20,22). The van der Waals surface area contributed by atoms with Crippen LogP contribution in [0.1, 0.15) is 6.92 Å². The molecule has 3 N–H and O–H groups in total. The predicted molar refractivity (Wildman–Crippen MR) is 95.8 cm³/mol. The summed E-state index contributed by atoms with van der Waals surface area (Å²) in [5.41, 5.74) is 1.37. The van der Waals surface area contributed by atoms with Crippen LogP contribution in [0.25, 0.3) is 0 Å². The third-order valence-electron chi connectivity index (χ3n) is 2.86. The second-order valence-electron chi connectivity index (χ2n) is 4.69. The van der Waals surface area contributed by atoms with Crippen LogP contribution in [0.2, 0.25) is 0 Å². The lowest BCUT2D eigenvalue weighted by molar-refractivity contribution is -0.117. The highest BCUT2D eigenvalue weighted by Crippen LogP contribution is 2.12. The third-order valence-corrected chi connectivity index (χ3v) is 3.54. The van der Waals surface area contributed by atoms with Crippen molar-refractivity contribution in [1.29, 1.82) is 0 Å². The summed E-state index contributed by atoms with van der Waals surface area (Å²) in [4.78, 5) is 23.9. The lowest BCUT2D eigenvalue weighted by atomic mass is 10.2. The fourth-order valence-corrected chi connectivity index (χ4v) is 2.31. The minimum absolute atomic E-state index is 0.273. The molecule has 2 aromatic carbocycles. The fraction of sp³-hybridized carbons (Fsp3) is 0.125. The number of halogens is 1. The van der Waals surface area contributed by atoms with Crippen molar-refractivity contribution >= 4 is 45.9 Å². The molecular formula is C16H16IN3O2. The molecule has 2 rings (SSSR count). The highest BCUT2D eigenvalue weighted by molar-refractivity contribution is 14.1. The SMILES string of the molecule is CC(NC(=O)Nc1ccccc1)C(=O)Nc1cccc(I)c1. The Morgan fingerprint density at radius 3 is 2.32 bits per heavy atom. The zero-order valence-electron chi connectivity index (χ0n) is 12.0. The van der Waals surface area contributed by atoms with Crippen molar-refractivity contribution in [3.05, 3.63) is 58.2 Å². The average molecular weight is 409 g/mol. The van der Waals surface area contributed by atoms with Crippen molar-refractivity contribution in [1.82, 2.24) is 5.32 Å². The summed E-state index contributed by atoms with van der Waals surface area (Å²) in [6.45, 7) is 1.63. The van der Waals surface area contributed by atoms with Gasteiger partial charge in [-0.25, -0.2) is 4.79 Å². The Morgan fingerprint density at radius 1 is 0.955 bits per heavy atom. The molecule has 0 aliphatic rings. The number of hydrogen-bond acceptors (Lipinski definition) is 2. The van der Waals surface area contributed by atoms with E-state index in [-0.39, 0.29) is 5.91 Å². The summed E-state index contributed by atoms with van der Waals surface area (Å²) in [6.07, 6.45) is 0. The smallest absolute Gasteiger partial charge is 0.319 e. The Bertz CT molecular complexity index is 661. The quantitative estimate of drug-likeness (QED) is 0.678. The first kappa shape index (κ1) is 16.3. The van der Waals surface area contributed by atoms with E-state index in [2.05, 4.69) is 38.5 Å². The van der Waals surface area contributed by atoms with Crippen molar-refractivity contribution in [2.24, 2.45) is 0 Å². The average Bonchev–Trinajstić information content (AvgIpc) is 2.48. The number of carbonyl (C=O) groups is 2. The zero-order valence-corrected chi connectivity index (χ0v) is 14.1. The summed E-state index contributed by atoms with van der Waals surface area (Å²) in [5.74, 6) is -0.273. The van der Waals surface area contributed by atoms with Gasteiger partial charge in [0.2, 0.25) is 5.91 Å². The maximum absolute atomic E-state index is 12.1. The number of anilines is 2. The van der Waals surface area contributed by atoms with Gasteiger partial charge in [0.25, 0.3) is 0 Å². The van der Waals surface area contributed by atoms with Gasteiger partial charge in [-0.15, -0.1) is 0 Å². The third kappa shape index (κ3) is 5.03. The number of nitrogens with one attached hydrogen (secondary N) is 3. The maximum atomic E-state index is 12.1. The number of amides is 3. The van der Waals surface area contributed by atoms with Gasteiger partial charge in [-0.1, -0.05) is 24.3 Å². The van der Waals surface area contributed by atoms with Crippen LogP contribution in [0.5, 0.6) is 0 Å². The summed E-state index contributed by atoms with van der Waals surface area (Å²) >= 11 is 2.17. The van der Waals surface area contributed by atoms with Gasteiger partial charge in [-0.05, 0) is 59.8 Å². The largest absolute Gasteiger partial charge is 0.326 e. The molecule has 0 bridgehead atoms. The Balaban J connectivity index is 1.87. The molecule has 6 heteroatoms. The van der Waals surface area contributed by atoms with Gasteiger partial charge in [-0.3, -0.25) is 4.79 Å². The van der Waals surface area contributed by atoms with Crippen LogP contribution in [-0.4, -0.2) is 18.0 Å². The number of para-hydroxylation sites is 1. The van der Waals surface area contributed by atoms with Gasteiger partial charge < -0.3 is 16.0 Å². The molecular weight excluding hydrogens is 393 g/mol. The molecule has 0 aliphatic carbocycles. The molecule has 3 amide bonds. The number of carbonyl (C=O) groups excluding carboxylic acids is 2. The molecule has 0 saturated heterocycles. The van der Waals surface area contributed by atoms with Crippen molar-refractivity contribution in [2.45, 2.75) is 13.0 Å². The molecule has 0 heterocycles. The van der Waals surface area contributed by atoms with E-state index in [1.54, 1.807) is 25.1 Å². The van der Waals surface area contributed by atoms with Crippen LogP contribution in [0.4, 0.5) is 16.2 Å². The molecule has 0 aromatic heterocycles. The summed E-state index contributed by atoms with van der Waals surface area (Å²) in [6, 6.07) is 15.4. The van der Waals surface area contributed by atoms with Crippen molar-refractivity contribution in [3.63, 3.8) is 0 Å². The Hall–Kier alpha value is -2.09. The molecule has 0 aliphatic heterocycles. The Labute approximate surface area is 142 Å². The van der Waals surface area contributed by atoms with Crippen LogP contribution in [0, 0.1) is 3.57 Å². The van der Waals surface area contributed by atoms with E-state index in [1.165, 1.54) is 0 Å². The van der Waals surface area contributed by atoms with E-state index in [4.69, 9.17) is 0 Å². The molecule has 22 heavy (non-hydrogen) atoms. The summed E-state index contributed by atoms with van der Waals surface area (Å²) < 4.78 is 1.03. The molecule has 5 nitrogen and oxygen atoms in total. The molecule has 0 radical (unpaired) electrons. The van der Waals surface area contributed by atoms with Gasteiger partial charge in [0, 0.05) is 14.9 Å². The molecule has 0 spiro atoms. The van der Waals surface area contributed by atoms with Gasteiger partial charge in [0.15, 0.2) is 0 Å². The van der Waals surface area contributed by atoms with Gasteiger partial charge in [0.05, 0.1) is 0 Å². The van der Waals surface area contributed by atoms with Crippen LogP contribution in [0.3, 0.4) is 0 Å². The number of hydrogen-bond donors (Lipinski definition) is 3. The first-order chi connectivity index (χ1) is 10.5. The van der Waals surface area contributed by atoms with E-state index in [0.29, 0.717) is 11.4 Å². The second kappa shape index (κ2) is 7.79. The molecule has 1 unspecified atom stereocenters. The highest BCUT2D eigenvalue weighted by atomic mass is 127. The first-order valence-electron chi connectivity index (χ1n) is 6.73. The minimum atomic E-state index is -0.651. The second-order valence-corrected chi connectivity index (χ2v) is 5.93. The highest BCUT2D eigenvalue weighted by Gasteiger charge is 2.15. The lowest BCUT2D eigenvalue weighted by Crippen LogP contribution is -2.43. The van der Waals surface area contributed by atoms with E-state index in [9.17, 15) is 9.59 Å². The zero-order chi connectivity index (χ0) is 15.9. The normalized spacial score (nSPS) is 11.4.